The van der Waals surface area contributed by atoms with Gasteiger partial charge < -0.3 is 9.47 Å². The SMILES string of the molecule is CCOC(=O)COCCOS(=O)(=O)c1ccccc1C. The molecule has 0 aliphatic heterocycles. The van der Waals surface area contributed by atoms with Gasteiger partial charge in [-0.2, -0.15) is 8.42 Å². The molecule has 0 heterocycles. The van der Waals surface area contributed by atoms with Gasteiger partial charge in [-0.25, -0.2) is 4.79 Å². The lowest BCUT2D eigenvalue weighted by Gasteiger charge is -2.08. The molecule has 1 aromatic rings. The highest BCUT2D eigenvalue weighted by atomic mass is 32.2. The van der Waals surface area contributed by atoms with Crippen molar-refractivity contribution in [3.8, 4) is 0 Å². The van der Waals surface area contributed by atoms with Crippen molar-refractivity contribution in [2.24, 2.45) is 0 Å². The fraction of sp³-hybridized carbons (Fsp3) is 0.462. The Balaban J connectivity index is 2.38. The number of carbonyl (C=O) groups excluding carboxylic acids is 1. The summed E-state index contributed by atoms with van der Waals surface area (Å²) in [4.78, 5) is 11.1. The summed E-state index contributed by atoms with van der Waals surface area (Å²) in [5.74, 6) is -0.491. The third kappa shape index (κ3) is 5.28. The Bertz CT molecular complexity index is 538. The lowest BCUT2D eigenvalue weighted by atomic mass is 10.2. The van der Waals surface area contributed by atoms with E-state index < -0.39 is 16.1 Å². The molecule has 0 amide bonds. The van der Waals surface area contributed by atoms with Crippen LogP contribution in [0.1, 0.15) is 12.5 Å². The minimum Gasteiger partial charge on any atom is -0.464 e. The molecule has 20 heavy (non-hydrogen) atoms. The maximum atomic E-state index is 11.9. The summed E-state index contributed by atoms with van der Waals surface area (Å²) in [5, 5.41) is 0. The number of esters is 1. The first-order valence-corrected chi connectivity index (χ1v) is 7.56. The van der Waals surface area contributed by atoms with E-state index in [1.165, 1.54) is 6.07 Å². The molecule has 0 aliphatic rings. The molecule has 0 N–H and O–H groups in total. The molecule has 112 valence electrons. The minimum absolute atomic E-state index is 0.00999. The molecule has 0 saturated heterocycles. The van der Waals surface area contributed by atoms with E-state index in [1.54, 1.807) is 32.0 Å². The van der Waals surface area contributed by atoms with Gasteiger partial charge >= 0.3 is 5.97 Å². The molecule has 0 atom stereocenters. The van der Waals surface area contributed by atoms with Gasteiger partial charge in [-0.15, -0.1) is 0 Å². The number of hydrogen-bond donors (Lipinski definition) is 0. The predicted molar refractivity (Wildman–Crippen MR) is 71.8 cm³/mol. The topological polar surface area (TPSA) is 78.9 Å². The molecule has 0 aliphatic carbocycles. The minimum atomic E-state index is -3.80. The number of rotatable bonds is 8. The van der Waals surface area contributed by atoms with Crippen LogP contribution < -0.4 is 0 Å². The molecular weight excluding hydrogens is 284 g/mol. The maximum Gasteiger partial charge on any atom is 0.332 e. The van der Waals surface area contributed by atoms with Crippen molar-refractivity contribution < 1.29 is 26.9 Å². The zero-order chi connectivity index (χ0) is 15.0. The Kier molecular flexibility index (Phi) is 6.63. The second kappa shape index (κ2) is 7.98. The monoisotopic (exact) mass is 302 g/mol. The van der Waals surface area contributed by atoms with E-state index in [-0.39, 0.29) is 31.3 Å². The zero-order valence-electron chi connectivity index (χ0n) is 11.5. The van der Waals surface area contributed by atoms with Gasteiger partial charge in [0.05, 0.1) is 24.7 Å². The summed E-state index contributed by atoms with van der Waals surface area (Å²) < 4.78 is 38.2. The fourth-order valence-electron chi connectivity index (χ4n) is 1.46. The molecular formula is C13H18O6S. The van der Waals surface area contributed by atoms with E-state index >= 15 is 0 Å². The summed E-state index contributed by atoms with van der Waals surface area (Å²) in [6.45, 7) is 3.27. The lowest BCUT2D eigenvalue weighted by Crippen LogP contribution is -2.17. The molecule has 0 spiro atoms. The molecule has 1 rings (SSSR count). The molecule has 0 unspecified atom stereocenters. The predicted octanol–water partition coefficient (Wildman–Crippen LogP) is 1.28. The molecule has 0 aromatic heterocycles. The summed E-state index contributed by atoms with van der Waals surface area (Å²) >= 11 is 0. The average Bonchev–Trinajstić information content (AvgIpc) is 2.39. The van der Waals surface area contributed by atoms with E-state index in [9.17, 15) is 13.2 Å². The number of aryl methyl sites for hydroxylation is 1. The number of benzene rings is 1. The standard InChI is InChI=1S/C13H18O6S/c1-3-18-13(14)10-17-8-9-19-20(15,16)12-7-5-4-6-11(12)2/h4-7H,3,8-10H2,1-2H3. The van der Waals surface area contributed by atoms with Gasteiger partial charge in [-0.05, 0) is 25.5 Å². The average molecular weight is 302 g/mol. The second-order valence-electron chi connectivity index (χ2n) is 3.90. The molecule has 1 aromatic carbocycles. The van der Waals surface area contributed by atoms with Gasteiger partial charge in [0, 0.05) is 0 Å². The van der Waals surface area contributed by atoms with Crippen LogP contribution in [-0.2, 0) is 28.6 Å². The van der Waals surface area contributed by atoms with Crippen molar-refractivity contribution in [3.63, 3.8) is 0 Å². The van der Waals surface area contributed by atoms with Crippen LogP contribution in [0.15, 0.2) is 29.2 Å². The van der Waals surface area contributed by atoms with Crippen LogP contribution in [0.25, 0.3) is 0 Å². The quantitative estimate of drug-likeness (QED) is 0.409. The normalized spacial score (nSPS) is 11.3. The molecule has 0 saturated carbocycles. The Morgan fingerprint density at radius 1 is 1.20 bits per heavy atom. The number of carbonyl (C=O) groups is 1. The van der Waals surface area contributed by atoms with E-state index in [0.29, 0.717) is 5.56 Å². The van der Waals surface area contributed by atoms with Crippen molar-refractivity contribution >= 4 is 16.1 Å². The highest BCUT2D eigenvalue weighted by molar-refractivity contribution is 7.86. The lowest BCUT2D eigenvalue weighted by molar-refractivity contribution is -0.148. The largest absolute Gasteiger partial charge is 0.464 e. The first kappa shape index (κ1) is 16.6. The van der Waals surface area contributed by atoms with Gasteiger partial charge in [-0.1, -0.05) is 18.2 Å². The first-order chi connectivity index (χ1) is 9.47. The van der Waals surface area contributed by atoms with E-state index in [0.717, 1.165) is 0 Å². The van der Waals surface area contributed by atoms with Crippen LogP contribution in [0.2, 0.25) is 0 Å². The van der Waals surface area contributed by atoms with Crippen LogP contribution in [0.4, 0.5) is 0 Å². The maximum absolute atomic E-state index is 11.9. The Hall–Kier alpha value is -1.44. The van der Waals surface area contributed by atoms with Gasteiger partial charge in [0.1, 0.15) is 6.61 Å². The van der Waals surface area contributed by atoms with Crippen LogP contribution >= 0.6 is 0 Å². The van der Waals surface area contributed by atoms with Gasteiger partial charge in [0.25, 0.3) is 10.1 Å². The van der Waals surface area contributed by atoms with Gasteiger partial charge in [0.15, 0.2) is 0 Å². The smallest absolute Gasteiger partial charge is 0.332 e. The van der Waals surface area contributed by atoms with Crippen molar-refractivity contribution in [1.29, 1.82) is 0 Å². The molecule has 7 heteroatoms. The van der Waals surface area contributed by atoms with E-state index in [4.69, 9.17) is 8.92 Å². The van der Waals surface area contributed by atoms with Crippen molar-refractivity contribution in [2.75, 3.05) is 26.4 Å². The Labute approximate surface area is 118 Å². The third-order valence-corrected chi connectivity index (χ3v) is 3.83. The Morgan fingerprint density at radius 3 is 2.55 bits per heavy atom. The highest BCUT2D eigenvalue weighted by Crippen LogP contribution is 2.16. The van der Waals surface area contributed by atoms with E-state index in [1.807, 2.05) is 0 Å². The number of hydrogen-bond acceptors (Lipinski definition) is 6. The summed E-state index contributed by atoms with van der Waals surface area (Å²) in [6, 6.07) is 6.54. The van der Waals surface area contributed by atoms with Crippen LogP contribution in [0.3, 0.4) is 0 Å². The Morgan fingerprint density at radius 2 is 1.90 bits per heavy atom. The highest BCUT2D eigenvalue weighted by Gasteiger charge is 2.17. The van der Waals surface area contributed by atoms with E-state index in [2.05, 4.69) is 4.74 Å². The van der Waals surface area contributed by atoms with Crippen molar-refractivity contribution in [2.45, 2.75) is 18.7 Å². The van der Waals surface area contributed by atoms with Crippen LogP contribution in [0.5, 0.6) is 0 Å². The molecule has 0 fully saturated rings. The van der Waals surface area contributed by atoms with Gasteiger partial charge in [-0.3, -0.25) is 4.18 Å². The van der Waals surface area contributed by atoms with Crippen LogP contribution in [-0.4, -0.2) is 40.8 Å². The van der Waals surface area contributed by atoms with Crippen LogP contribution in [0, 0.1) is 6.92 Å². The molecule has 0 bridgehead atoms. The van der Waals surface area contributed by atoms with Crippen molar-refractivity contribution in [3.05, 3.63) is 29.8 Å². The summed E-state index contributed by atoms with van der Waals surface area (Å²) in [6.07, 6.45) is 0. The second-order valence-corrected chi connectivity index (χ2v) is 5.48. The zero-order valence-corrected chi connectivity index (χ0v) is 12.3. The molecule has 0 radical (unpaired) electrons. The molecule has 6 nitrogen and oxygen atoms in total. The summed E-state index contributed by atoms with van der Waals surface area (Å²) in [5.41, 5.74) is 0.611. The van der Waals surface area contributed by atoms with Crippen molar-refractivity contribution in [1.82, 2.24) is 0 Å². The fourth-order valence-corrected chi connectivity index (χ4v) is 2.58. The first-order valence-electron chi connectivity index (χ1n) is 6.16. The van der Waals surface area contributed by atoms with Gasteiger partial charge in [0.2, 0.25) is 0 Å². The third-order valence-electron chi connectivity index (χ3n) is 2.35. The number of ether oxygens (including phenoxy) is 2. The summed E-state index contributed by atoms with van der Waals surface area (Å²) in [7, 11) is -3.80.